The molecule has 0 aliphatic heterocycles. The minimum Gasteiger partial charge on any atom is -0.355 e. The van der Waals surface area contributed by atoms with Gasteiger partial charge in [-0.15, -0.1) is 0 Å². The summed E-state index contributed by atoms with van der Waals surface area (Å²) in [5, 5.41) is 2.63. The topological polar surface area (TPSA) is 49.4 Å². The lowest BCUT2D eigenvalue weighted by Gasteiger charge is -2.22. The van der Waals surface area contributed by atoms with E-state index in [0.717, 1.165) is 35.3 Å². The zero-order chi connectivity index (χ0) is 19.4. The van der Waals surface area contributed by atoms with Gasteiger partial charge in [0.2, 0.25) is 0 Å². The number of carbonyl (C=O) groups excluding carboxylic acids is 2. The molecule has 0 radical (unpaired) electrons. The molecule has 2 rings (SSSR count). The molecule has 0 saturated heterocycles. The Hall–Kier alpha value is -2.46. The molecule has 1 N–H and O–H groups in total. The van der Waals surface area contributed by atoms with Crippen molar-refractivity contribution < 1.29 is 9.59 Å². The van der Waals surface area contributed by atoms with Crippen LogP contribution < -0.4 is 5.32 Å². The zero-order valence-corrected chi connectivity index (χ0v) is 16.6. The number of Topliss-reactive ketones (excluding diaryl/α,β-unsaturated/α-hetero) is 1. The highest BCUT2D eigenvalue weighted by Gasteiger charge is 2.15. The van der Waals surface area contributed by atoms with Crippen molar-refractivity contribution >= 4 is 11.7 Å². The summed E-state index contributed by atoms with van der Waals surface area (Å²) in [7, 11) is 3.70. The first kappa shape index (κ1) is 19.9. The minimum absolute atomic E-state index is 0.0763. The van der Waals surface area contributed by atoms with E-state index < -0.39 is 0 Å². The number of nitrogens with one attached hydrogen (secondary N) is 1. The van der Waals surface area contributed by atoms with Crippen molar-refractivity contribution in [3.8, 4) is 0 Å². The second kappa shape index (κ2) is 8.28. The molecule has 0 aliphatic carbocycles. The van der Waals surface area contributed by atoms with E-state index in [1.807, 2.05) is 38.1 Å². The number of hydrogen-bond donors (Lipinski definition) is 1. The van der Waals surface area contributed by atoms with Gasteiger partial charge in [0.05, 0.1) is 0 Å². The first-order valence-corrected chi connectivity index (χ1v) is 8.84. The Balaban J connectivity index is 2.17. The van der Waals surface area contributed by atoms with Crippen molar-refractivity contribution in [2.75, 3.05) is 14.1 Å². The second-order valence-corrected chi connectivity index (χ2v) is 6.99. The molecule has 26 heavy (non-hydrogen) atoms. The van der Waals surface area contributed by atoms with Gasteiger partial charge >= 0.3 is 0 Å². The molecule has 0 fully saturated rings. The van der Waals surface area contributed by atoms with Gasteiger partial charge in [-0.3, -0.25) is 14.5 Å². The number of aryl methyl sites for hydroxylation is 2. The first-order valence-electron chi connectivity index (χ1n) is 8.84. The molecule has 0 aliphatic rings. The van der Waals surface area contributed by atoms with Gasteiger partial charge in [0, 0.05) is 31.3 Å². The maximum absolute atomic E-state index is 12.0. The predicted octanol–water partition coefficient (Wildman–Crippen LogP) is 3.81. The van der Waals surface area contributed by atoms with Crippen molar-refractivity contribution in [2.24, 2.45) is 0 Å². The molecule has 0 heterocycles. The second-order valence-electron chi connectivity index (χ2n) is 6.99. The molecule has 0 atom stereocenters. The molecule has 2 aromatic rings. The monoisotopic (exact) mass is 352 g/mol. The maximum atomic E-state index is 12.0. The fourth-order valence-electron chi connectivity index (χ4n) is 3.55. The van der Waals surface area contributed by atoms with E-state index in [1.54, 1.807) is 14.0 Å². The maximum Gasteiger partial charge on any atom is 0.251 e. The lowest BCUT2D eigenvalue weighted by Crippen LogP contribution is -2.20. The summed E-state index contributed by atoms with van der Waals surface area (Å²) in [6, 6.07) is 9.76. The molecule has 0 saturated carbocycles. The summed E-state index contributed by atoms with van der Waals surface area (Å²) < 4.78 is 0. The number of amides is 1. The standard InChI is InChI=1S/C22H28N2O2/c1-14-11-15(2)21(17(4)25)16(3)20(14)13-24(6)12-18-7-9-19(10-8-18)22(26)23-5/h7-11H,12-13H2,1-6H3,(H,23,26). The number of carbonyl (C=O) groups is 2. The van der Waals surface area contributed by atoms with Crippen LogP contribution in [0, 0.1) is 20.8 Å². The first-order chi connectivity index (χ1) is 12.2. The quantitative estimate of drug-likeness (QED) is 0.805. The van der Waals surface area contributed by atoms with E-state index in [9.17, 15) is 9.59 Å². The Kier molecular flexibility index (Phi) is 6.32. The number of hydrogen-bond acceptors (Lipinski definition) is 3. The Morgan fingerprint density at radius 1 is 1.00 bits per heavy atom. The molecule has 2 aromatic carbocycles. The van der Waals surface area contributed by atoms with Gasteiger partial charge in [0.15, 0.2) is 5.78 Å². The van der Waals surface area contributed by atoms with Gasteiger partial charge in [0.25, 0.3) is 5.91 Å². The highest BCUT2D eigenvalue weighted by molar-refractivity contribution is 5.97. The van der Waals surface area contributed by atoms with Crippen LogP contribution in [0.4, 0.5) is 0 Å². The van der Waals surface area contributed by atoms with E-state index in [2.05, 4.69) is 30.3 Å². The number of benzene rings is 2. The van der Waals surface area contributed by atoms with Crippen molar-refractivity contribution in [1.82, 2.24) is 10.2 Å². The summed E-state index contributed by atoms with van der Waals surface area (Å²) >= 11 is 0. The van der Waals surface area contributed by atoms with E-state index in [-0.39, 0.29) is 11.7 Å². The average Bonchev–Trinajstić information content (AvgIpc) is 2.58. The smallest absolute Gasteiger partial charge is 0.251 e. The highest BCUT2D eigenvalue weighted by Crippen LogP contribution is 2.24. The Morgan fingerprint density at radius 2 is 1.62 bits per heavy atom. The molecule has 0 bridgehead atoms. The lowest BCUT2D eigenvalue weighted by molar-refractivity contribution is 0.0961. The van der Waals surface area contributed by atoms with Gasteiger partial charge in [-0.2, -0.15) is 0 Å². The van der Waals surface area contributed by atoms with E-state index in [4.69, 9.17) is 0 Å². The van der Waals surface area contributed by atoms with Crippen LogP contribution in [0.2, 0.25) is 0 Å². The summed E-state index contributed by atoms with van der Waals surface area (Å²) in [6.07, 6.45) is 0. The average molecular weight is 352 g/mol. The van der Waals surface area contributed by atoms with Crippen molar-refractivity contribution in [3.63, 3.8) is 0 Å². The van der Waals surface area contributed by atoms with Crippen LogP contribution >= 0.6 is 0 Å². The Morgan fingerprint density at radius 3 is 2.15 bits per heavy atom. The molecule has 4 heteroatoms. The number of nitrogens with zero attached hydrogens (tertiary/aromatic N) is 1. The SMILES string of the molecule is CNC(=O)c1ccc(CN(C)Cc2c(C)cc(C)c(C(C)=O)c2C)cc1. The molecule has 0 unspecified atom stereocenters. The molecular formula is C22H28N2O2. The van der Waals surface area contributed by atoms with Crippen LogP contribution in [-0.4, -0.2) is 30.7 Å². The fraction of sp³-hybridized carbons (Fsp3) is 0.364. The normalized spacial score (nSPS) is 10.9. The summed E-state index contributed by atoms with van der Waals surface area (Å²) in [5.74, 6) is 0.0428. The van der Waals surface area contributed by atoms with Gasteiger partial charge in [-0.1, -0.05) is 18.2 Å². The van der Waals surface area contributed by atoms with Crippen LogP contribution in [0.1, 0.15) is 55.5 Å². The van der Waals surface area contributed by atoms with Crippen LogP contribution in [0.15, 0.2) is 30.3 Å². The molecule has 1 amide bonds. The van der Waals surface area contributed by atoms with Gasteiger partial charge in [-0.25, -0.2) is 0 Å². The van der Waals surface area contributed by atoms with Crippen molar-refractivity contribution in [3.05, 3.63) is 69.3 Å². The van der Waals surface area contributed by atoms with Crippen LogP contribution in [-0.2, 0) is 13.1 Å². The lowest BCUT2D eigenvalue weighted by atomic mass is 9.91. The van der Waals surface area contributed by atoms with Crippen molar-refractivity contribution in [2.45, 2.75) is 40.8 Å². The van der Waals surface area contributed by atoms with Gasteiger partial charge in [0.1, 0.15) is 0 Å². The van der Waals surface area contributed by atoms with E-state index in [0.29, 0.717) is 5.56 Å². The van der Waals surface area contributed by atoms with Crippen LogP contribution in [0.5, 0.6) is 0 Å². The third kappa shape index (κ3) is 4.38. The zero-order valence-electron chi connectivity index (χ0n) is 16.6. The molecule has 4 nitrogen and oxygen atoms in total. The van der Waals surface area contributed by atoms with E-state index in [1.165, 1.54) is 11.1 Å². The number of rotatable bonds is 6. The van der Waals surface area contributed by atoms with Crippen LogP contribution in [0.3, 0.4) is 0 Å². The third-order valence-corrected chi connectivity index (χ3v) is 4.81. The summed E-state index contributed by atoms with van der Waals surface area (Å²) in [5.41, 5.74) is 7.20. The van der Waals surface area contributed by atoms with Gasteiger partial charge < -0.3 is 5.32 Å². The van der Waals surface area contributed by atoms with Crippen LogP contribution in [0.25, 0.3) is 0 Å². The Bertz CT molecular complexity index is 823. The van der Waals surface area contributed by atoms with Crippen molar-refractivity contribution in [1.29, 1.82) is 0 Å². The minimum atomic E-state index is -0.0763. The molecular weight excluding hydrogens is 324 g/mol. The number of ketones is 1. The summed E-state index contributed by atoms with van der Waals surface area (Å²) in [6.45, 7) is 9.32. The van der Waals surface area contributed by atoms with Gasteiger partial charge in [-0.05, 0) is 74.7 Å². The Labute approximate surface area is 156 Å². The molecule has 138 valence electrons. The molecule has 0 aromatic heterocycles. The fourth-order valence-corrected chi connectivity index (χ4v) is 3.55. The predicted molar refractivity (Wildman–Crippen MR) is 106 cm³/mol. The molecule has 0 spiro atoms. The highest BCUT2D eigenvalue weighted by atomic mass is 16.1. The largest absolute Gasteiger partial charge is 0.355 e. The van der Waals surface area contributed by atoms with E-state index >= 15 is 0 Å². The third-order valence-electron chi connectivity index (χ3n) is 4.81. The summed E-state index contributed by atoms with van der Waals surface area (Å²) in [4.78, 5) is 25.8.